The fourth-order valence-electron chi connectivity index (χ4n) is 1.29. The minimum absolute atomic E-state index is 0.406. The van der Waals surface area contributed by atoms with Gasteiger partial charge in [0.05, 0.1) is 0 Å². The standard InChI is InChI=1S/C12H15NO2/c1-4-5-13-12(14)15-11-7-9(2)6-10(3)8-11/h4,6-8H,1,5H2,2-3H3,(H,13,14). The van der Waals surface area contributed by atoms with Gasteiger partial charge in [-0.2, -0.15) is 0 Å². The molecule has 1 amide bonds. The van der Waals surface area contributed by atoms with E-state index in [1.54, 1.807) is 6.08 Å². The number of rotatable bonds is 3. The summed E-state index contributed by atoms with van der Waals surface area (Å²) < 4.78 is 5.08. The lowest BCUT2D eigenvalue weighted by Crippen LogP contribution is -2.26. The van der Waals surface area contributed by atoms with Crippen molar-refractivity contribution < 1.29 is 9.53 Å². The van der Waals surface area contributed by atoms with Crippen molar-refractivity contribution in [3.05, 3.63) is 42.0 Å². The zero-order chi connectivity index (χ0) is 11.3. The highest BCUT2D eigenvalue weighted by Gasteiger charge is 2.03. The summed E-state index contributed by atoms with van der Waals surface area (Å²) in [5, 5.41) is 2.54. The third-order valence-corrected chi connectivity index (χ3v) is 1.80. The van der Waals surface area contributed by atoms with Gasteiger partial charge >= 0.3 is 6.09 Å². The van der Waals surface area contributed by atoms with Gasteiger partial charge in [0.15, 0.2) is 0 Å². The Labute approximate surface area is 89.8 Å². The molecule has 80 valence electrons. The van der Waals surface area contributed by atoms with Gasteiger partial charge in [-0.15, -0.1) is 6.58 Å². The topological polar surface area (TPSA) is 38.3 Å². The molecule has 0 radical (unpaired) electrons. The molecule has 1 aromatic rings. The first-order chi connectivity index (χ1) is 7.11. The molecular weight excluding hydrogens is 190 g/mol. The number of hydrogen-bond donors (Lipinski definition) is 1. The molecular formula is C12H15NO2. The van der Waals surface area contributed by atoms with E-state index >= 15 is 0 Å². The molecule has 1 N–H and O–H groups in total. The number of benzene rings is 1. The van der Waals surface area contributed by atoms with Gasteiger partial charge in [-0.05, 0) is 37.1 Å². The quantitative estimate of drug-likeness (QED) is 0.770. The van der Waals surface area contributed by atoms with Crippen LogP contribution in [0.2, 0.25) is 0 Å². The Morgan fingerprint density at radius 1 is 1.40 bits per heavy atom. The van der Waals surface area contributed by atoms with Crippen molar-refractivity contribution in [1.82, 2.24) is 5.32 Å². The molecule has 1 rings (SSSR count). The second-order valence-corrected chi connectivity index (χ2v) is 3.38. The van der Waals surface area contributed by atoms with Crippen molar-refractivity contribution in [2.24, 2.45) is 0 Å². The summed E-state index contributed by atoms with van der Waals surface area (Å²) in [5.74, 6) is 0.564. The Morgan fingerprint density at radius 2 is 2.00 bits per heavy atom. The van der Waals surface area contributed by atoms with E-state index < -0.39 is 6.09 Å². The Hall–Kier alpha value is -1.77. The van der Waals surface area contributed by atoms with Crippen LogP contribution in [0.4, 0.5) is 4.79 Å². The second-order valence-electron chi connectivity index (χ2n) is 3.38. The monoisotopic (exact) mass is 205 g/mol. The Bertz CT molecular complexity index is 352. The molecule has 0 heterocycles. The normalized spacial score (nSPS) is 9.47. The van der Waals surface area contributed by atoms with Gasteiger partial charge < -0.3 is 10.1 Å². The average Bonchev–Trinajstić information content (AvgIpc) is 2.13. The number of carbonyl (C=O) groups is 1. The molecule has 0 fully saturated rings. The van der Waals surface area contributed by atoms with E-state index in [9.17, 15) is 4.79 Å². The molecule has 0 spiro atoms. The lowest BCUT2D eigenvalue weighted by atomic mass is 10.1. The largest absolute Gasteiger partial charge is 0.412 e. The lowest BCUT2D eigenvalue weighted by molar-refractivity contribution is 0.201. The molecule has 0 saturated carbocycles. The van der Waals surface area contributed by atoms with Gasteiger partial charge in [0.1, 0.15) is 5.75 Å². The maximum absolute atomic E-state index is 11.2. The molecule has 0 aromatic heterocycles. The van der Waals surface area contributed by atoms with E-state index in [-0.39, 0.29) is 0 Å². The predicted molar refractivity (Wildman–Crippen MR) is 60.1 cm³/mol. The van der Waals surface area contributed by atoms with Gasteiger partial charge in [-0.1, -0.05) is 12.1 Å². The van der Waals surface area contributed by atoms with Crippen molar-refractivity contribution in [3.63, 3.8) is 0 Å². The van der Waals surface area contributed by atoms with Crippen LogP contribution in [0.5, 0.6) is 5.75 Å². The fourth-order valence-corrected chi connectivity index (χ4v) is 1.29. The van der Waals surface area contributed by atoms with Crippen LogP contribution < -0.4 is 10.1 Å². The SMILES string of the molecule is C=CCNC(=O)Oc1cc(C)cc(C)c1. The van der Waals surface area contributed by atoms with Gasteiger partial charge in [0, 0.05) is 6.54 Å². The molecule has 0 aliphatic heterocycles. The van der Waals surface area contributed by atoms with E-state index in [0.29, 0.717) is 12.3 Å². The van der Waals surface area contributed by atoms with Gasteiger partial charge in [0.25, 0.3) is 0 Å². The van der Waals surface area contributed by atoms with Crippen LogP contribution in [0.15, 0.2) is 30.9 Å². The summed E-state index contributed by atoms with van der Waals surface area (Å²) in [7, 11) is 0. The van der Waals surface area contributed by atoms with Crippen molar-refractivity contribution >= 4 is 6.09 Å². The summed E-state index contributed by atoms with van der Waals surface area (Å²) in [6, 6.07) is 5.66. The number of nitrogens with one attached hydrogen (secondary N) is 1. The highest BCUT2D eigenvalue weighted by Crippen LogP contribution is 2.16. The molecule has 0 saturated heterocycles. The van der Waals surface area contributed by atoms with Crippen molar-refractivity contribution in [3.8, 4) is 5.75 Å². The van der Waals surface area contributed by atoms with Crippen LogP contribution in [0.25, 0.3) is 0 Å². The highest BCUT2D eigenvalue weighted by molar-refractivity contribution is 5.70. The third kappa shape index (κ3) is 3.85. The van der Waals surface area contributed by atoms with Crippen LogP contribution in [0, 0.1) is 13.8 Å². The Kier molecular flexibility index (Phi) is 3.92. The summed E-state index contributed by atoms with van der Waals surface area (Å²) in [6.07, 6.45) is 1.14. The van der Waals surface area contributed by atoms with E-state index in [2.05, 4.69) is 11.9 Å². The average molecular weight is 205 g/mol. The van der Waals surface area contributed by atoms with Crippen LogP contribution in [-0.2, 0) is 0 Å². The molecule has 3 nitrogen and oxygen atoms in total. The molecule has 1 aromatic carbocycles. The number of carbonyl (C=O) groups excluding carboxylic acids is 1. The number of hydrogen-bond acceptors (Lipinski definition) is 2. The van der Waals surface area contributed by atoms with E-state index in [0.717, 1.165) is 11.1 Å². The van der Waals surface area contributed by atoms with Crippen LogP contribution in [0.1, 0.15) is 11.1 Å². The van der Waals surface area contributed by atoms with E-state index in [1.165, 1.54) is 0 Å². The zero-order valence-electron chi connectivity index (χ0n) is 9.04. The molecule has 0 atom stereocenters. The summed E-state index contributed by atoms with van der Waals surface area (Å²) in [6.45, 7) is 7.82. The summed E-state index contributed by atoms with van der Waals surface area (Å²) >= 11 is 0. The lowest BCUT2D eigenvalue weighted by Gasteiger charge is -2.06. The first kappa shape index (κ1) is 11.3. The smallest absolute Gasteiger partial charge is 0.410 e. The minimum Gasteiger partial charge on any atom is -0.410 e. The first-order valence-corrected chi connectivity index (χ1v) is 4.76. The number of aryl methyl sites for hydroxylation is 2. The molecule has 3 heteroatoms. The number of ether oxygens (including phenoxy) is 1. The second kappa shape index (κ2) is 5.20. The molecule has 0 unspecified atom stereocenters. The van der Waals surface area contributed by atoms with Crippen LogP contribution in [-0.4, -0.2) is 12.6 Å². The summed E-state index contributed by atoms with van der Waals surface area (Å²) in [4.78, 5) is 11.2. The third-order valence-electron chi connectivity index (χ3n) is 1.80. The van der Waals surface area contributed by atoms with Crippen LogP contribution in [0.3, 0.4) is 0 Å². The van der Waals surface area contributed by atoms with Crippen molar-refractivity contribution in [2.75, 3.05) is 6.54 Å². The van der Waals surface area contributed by atoms with Crippen molar-refractivity contribution in [2.45, 2.75) is 13.8 Å². The van der Waals surface area contributed by atoms with E-state index in [1.807, 2.05) is 32.0 Å². The molecule has 15 heavy (non-hydrogen) atoms. The zero-order valence-corrected chi connectivity index (χ0v) is 9.04. The van der Waals surface area contributed by atoms with Crippen LogP contribution >= 0.6 is 0 Å². The first-order valence-electron chi connectivity index (χ1n) is 4.76. The van der Waals surface area contributed by atoms with E-state index in [4.69, 9.17) is 4.74 Å². The molecule has 0 bridgehead atoms. The van der Waals surface area contributed by atoms with Gasteiger partial charge in [-0.3, -0.25) is 0 Å². The maximum atomic E-state index is 11.2. The van der Waals surface area contributed by atoms with Gasteiger partial charge in [-0.25, -0.2) is 4.79 Å². The summed E-state index contributed by atoms with van der Waals surface area (Å²) in [5.41, 5.74) is 2.14. The predicted octanol–water partition coefficient (Wildman–Crippen LogP) is 2.58. The van der Waals surface area contributed by atoms with Crippen molar-refractivity contribution in [1.29, 1.82) is 0 Å². The highest BCUT2D eigenvalue weighted by atomic mass is 16.5. The minimum atomic E-state index is -0.458. The fraction of sp³-hybridized carbons (Fsp3) is 0.250. The molecule has 0 aliphatic rings. The number of amides is 1. The Morgan fingerprint density at radius 3 is 2.53 bits per heavy atom. The van der Waals surface area contributed by atoms with Gasteiger partial charge in [0.2, 0.25) is 0 Å². The Balaban J connectivity index is 2.63. The molecule has 0 aliphatic carbocycles. The maximum Gasteiger partial charge on any atom is 0.412 e.